The third kappa shape index (κ3) is 3.29. The first-order chi connectivity index (χ1) is 7.31. The minimum Gasteiger partial charge on any atom is -0.497 e. The summed E-state index contributed by atoms with van der Waals surface area (Å²) in [6, 6.07) is 5.65. The van der Waals surface area contributed by atoms with E-state index in [1.165, 1.54) is 0 Å². The molecule has 0 unspecified atom stereocenters. The molecule has 3 nitrogen and oxygen atoms in total. The Labute approximate surface area is 90.3 Å². The molecule has 0 N–H and O–H groups in total. The Morgan fingerprint density at radius 1 is 1.27 bits per heavy atom. The van der Waals surface area contributed by atoms with E-state index in [0.717, 1.165) is 17.1 Å². The first kappa shape index (κ1) is 11.6. The van der Waals surface area contributed by atoms with Crippen LogP contribution in [-0.4, -0.2) is 20.8 Å². The van der Waals surface area contributed by atoms with E-state index in [0.29, 0.717) is 6.61 Å². The summed E-state index contributed by atoms with van der Waals surface area (Å²) in [5.41, 5.74) is 0.982. The SMILES string of the molecule is [CH2]OCC=Cc1ccc(OC)cc1OC. The second-order valence-electron chi connectivity index (χ2n) is 2.88. The number of benzene rings is 1. The van der Waals surface area contributed by atoms with Gasteiger partial charge >= 0.3 is 0 Å². The minimum atomic E-state index is 0.481. The number of hydrogen-bond donors (Lipinski definition) is 0. The Kier molecular flexibility index (Phi) is 4.71. The Hall–Kier alpha value is -1.48. The molecule has 15 heavy (non-hydrogen) atoms. The molecule has 1 aromatic rings. The molecule has 0 aliphatic carbocycles. The maximum Gasteiger partial charge on any atom is 0.129 e. The standard InChI is InChI=1S/C12H15O3/c1-13-8-4-5-10-6-7-11(14-2)9-12(10)15-3/h4-7,9H,1,8H2,2-3H3. The van der Waals surface area contributed by atoms with Crippen LogP contribution in [0.1, 0.15) is 5.56 Å². The van der Waals surface area contributed by atoms with Crippen molar-refractivity contribution in [2.24, 2.45) is 0 Å². The minimum absolute atomic E-state index is 0.481. The van der Waals surface area contributed by atoms with Gasteiger partial charge in [-0.3, -0.25) is 0 Å². The molecule has 0 bridgehead atoms. The van der Waals surface area contributed by atoms with Crippen molar-refractivity contribution in [3.63, 3.8) is 0 Å². The second kappa shape index (κ2) is 6.09. The molecule has 0 saturated heterocycles. The third-order valence-corrected chi connectivity index (χ3v) is 1.95. The van der Waals surface area contributed by atoms with Gasteiger partial charge in [-0.25, -0.2) is 0 Å². The monoisotopic (exact) mass is 207 g/mol. The fourth-order valence-electron chi connectivity index (χ4n) is 1.20. The fourth-order valence-corrected chi connectivity index (χ4v) is 1.20. The first-order valence-electron chi connectivity index (χ1n) is 4.57. The van der Waals surface area contributed by atoms with Crippen molar-refractivity contribution in [2.75, 3.05) is 20.8 Å². The fraction of sp³-hybridized carbons (Fsp3) is 0.250. The van der Waals surface area contributed by atoms with Crippen molar-refractivity contribution >= 4 is 6.08 Å². The van der Waals surface area contributed by atoms with Crippen LogP contribution in [0.2, 0.25) is 0 Å². The van der Waals surface area contributed by atoms with E-state index in [9.17, 15) is 0 Å². The van der Waals surface area contributed by atoms with Crippen molar-refractivity contribution in [2.45, 2.75) is 0 Å². The quantitative estimate of drug-likeness (QED) is 0.742. The summed E-state index contributed by atoms with van der Waals surface area (Å²) in [6.45, 7) is 0.481. The topological polar surface area (TPSA) is 27.7 Å². The van der Waals surface area contributed by atoms with E-state index in [2.05, 4.69) is 11.8 Å². The highest BCUT2D eigenvalue weighted by Crippen LogP contribution is 2.25. The van der Waals surface area contributed by atoms with Gasteiger partial charge in [0.05, 0.1) is 27.9 Å². The lowest BCUT2D eigenvalue weighted by molar-refractivity contribution is 0.282. The van der Waals surface area contributed by atoms with Crippen LogP contribution in [0, 0.1) is 7.11 Å². The Morgan fingerprint density at radius 3 is 2.67 bits per heavy atom. The molecule has 0 heterocycles. The maximum atomic E-state index is 5.23. The van der Waals surface area contributed by atoms with Gasteiger partial charge in [0.25, 0.3) is 0 Å². The molecule has 1 aromatic carbocycles. The lowest BCUT2D eigenvalue weighted by Gasteiger charge is -2.07. The van der Waals surface area contributed by atoms with Gasteiger partial charge in [0.1, 0.15) is 11.5 Å². The van der Waals surface area contributed by atoms with Gasteiger partial charge in [-0.15, -0.1) is 0 Å². The number of rotatable bonds is 5. The van der Waals surface area contributed by atoms with E-state index in [-0.39, 0.29) is 0 Å². The summed E-state index contributed by atoms with van der Waals surface area (Å²) in [5, 5.41) is 0. The molecule has 0 atom stereocenters. The van der Waals surface area contributed by atoms with Crippen LogP contribution in [0.4, 0.5) is 0 Å². The molecule has 0 spiro atoms. The van der Waals surface area contributed by atoms with Crippen LogP contribution in [0.3, 0.4) is 0 Å². The highest BCUT2D eigenvalue weighted by molar-refractivity contribution is 5.59. The van der Waals surface area contributed by atoms with Crippen molar-refractivity contribution in [1.29, 1.82) is 0 Å². The Bertz CT molecular complexity index is 332. The first-order valence-corrected chi connectivity index (χ1v) is 4.57. The highest BCUT2D eigenvalue weighted by Gasteiger charge is 2.01. The summed E-state index contributed by atoms with van der Waals surface area (Å²) in [7, 11) is 6.54. The molecule has 0 amide bonds. The number of hydrogen-bond acceptors (Lipinski definition) is 3. The molecule has 0 saturated carbocycles. The van der Waals surface area contributed by atoms with Crippen LogP contribution < -0.4 is 9.47 Å². The molecular formula is C12H15O3. The molecule has 0 aliphatic heterocycles. The molecule has 0 aromatic heterocycles. The average Bonchev–Trinajstić information content (AvgIpc) is 2.29. The summed E-state index contributed by atoms with van der Waals surface area (Å²) in [4.78, 5) is 0. The lowest BCUT2D eigenvalue weighted by atomic mass is 10.2. The summed E-state index contributed by atoms with van der Waals surface area (Å²) >= 11 is 0. The molecule has 0 aliphatic rings. The van der Waals surface area contributed by atoms with Crippen molar-refractivity contribution in [3.8, 4) is 11.5 Å². The largest absolute Gasteiger partial charge is 0.497 e. The predicted molar refractivity (Wildman–Crippen MR) is 59.9 cm³/mol. The van der Waals surface area contributed by atoms with Crippen LogP contribution in [-0.2, 0) is 4.74 Å². The molecule has 1 radical (unpaired) electrons. The third-order valence-electron chi connectivity index (χ3n) is 1.95. The van der Waals surface area contributed by atoms with Gasteiger partial charge in [0, 0.05) is 11.6 Å². The van der Waals surface area contributed by atoms with Gasteiger partial charge in [-0.2, -0.15) is 0 Å². The predicted octanol–water partition coefficient (Wildman–Crippen LogP) is 2.53. The zero-order valence-corrected chi connectivity index (χ0v) is 9.03. The smallest absolute Gasteiger partial charge is 0.129 e. The summed E-state index contributed by atoms with van der Waals surface area (Å²) < 4.78 is 15.0. The molecule has 3 heteroatoms. The van der Waals surface area contributed by atoms with Gasteiger partial charge < -0.3 is 14.2 Å². The number of methoxy groups -OCH3 is 2. The summed E-state index contributed by atoms with van der Waals surface area (Å²) in [5.74, 6) is 1.55. The zero-order valence-electron chi connectivity index (χ0n) is 9.03. The van der Waals surface area contributed by atoms with Gasteiger partial charge in [-0.1, -0.05) is 12.2 Å². The molecular weight excluding hydrogens is 192 g/mol. The Balaban J connectivity index is 2.87. The lowest BCUT2D eigenvalue weighted by Crippen LogP contribution is -1.89. The van der Waals surface area contributed by atoms with Crippen LogP contribution >= 0.6 is 0 Å². The van der Waals surface area contributed by atoms with Crippen LogP contribution in [0.15, 0.2) is 24.3 Å². The molecule has 0 fully saturated rings. The summed E-state index contributed by atoms with van der Waals surface area (Å²) in [6.07, 6.45) is 3.79. The van der Waals surface area contributed by atoms with E-state index < -0.39 is 0 Å². The van der Waals surface area contributed by atoms with E-state index in [1.807, 2.05) is 30.4 Å². The highest BCUT2D eigenvalue weighted by atomic mass is 16.5. The molecule has 1 rings (SSSR count). The van der Waals surface area contributed by atoms with Crippen molar-refractivity contribution < 1.29 is 14.2 Å². The van der Waals surface area contributed by atoms with Crippen LogP contribution in [0.25, 0.3) is 6.08 Å². The van der Waals surface area contributed by atoms with Gasteiger partial charge in [-0.05, 0) is 12.1 Å². The van der Waals surface area contributed by atoms with Gasteiger partial charge in [0.2, 0.25) is 0 Å². The normalized spacial score (nSPS) is 10.6. The van der Waals surface area contributed by atoms with Gasteiger partial charge in [0.15, 0.2) is 0 Å². The van der Waals surface area contributed by atoms with Crippen LogP contribution in [0.5, 0.6) is 11.5 Å². The number of ether oxygens (including phenoxy) is 3. The van der Waals surface area contributed by atoms with E-state index in [1.54, 1.807) is 14.2 Å². The van der Waals surface area contributed by atoms with E-state index in [4.69, 9.17) is 9.47 Å². The maximum absolute atomic E-state index is 5.23. The van der Waals surface area contributed by atoms with Crippen molar-refractivity contribution in [3.05, 3.63) is 36.9 Å². The van der Waals surface area contributed by atoms with Crippen molar-refractivity contribution in [1.82, 2.24) is 0 Å². The Morgan fingerprint density at radius 2 is 2.07 bits per heavy atom. The average molecular weight is 207 g/mol. The zero-order chi connectivity index (χ0) is 11.1. The van der Waals surface area contributed by atoms with E-state index >= 15 is 0 Å². The second-order valence-corrected chi connectivity index (χ2v) is 2.88. The molecule has 81 valence electrons.